The number of amides is 1. The van der Waals surface area contributed by atoms with E-state index in [0.29, 0.717) is 0 Å². The number of nitrogens with zero attached hydrogens (tertiary/aromatic N) is 3. The SMILES string of the molecule is CN(C)C(=O)CCNc1cc(C(F)(F)F)nc(NN)n1. The zero-order valence-electron chi connectivity index (χ0n) is 11.0. The third-order valence-corrected chi connectivity index (χ3v) is 2.29. The number of carbonyl (C=O) groups excluding carboxylic acids is 1. The highest BCUT2D eigenvalue weighted by molar-refractivity contribution is 5.76. The fourth-order valence-electron chi connectivity index (χ4n) is 1.27. The van der Waals surface area contributed by atoms with Crippen LogP contribution in [0.1, 0.15) is 12.1 Å². The zero-order valence-corrected chi connectivity index (χ0v) is 11.0. The van der Waals surface area contributed by atoms with E-state index in [4.69, 9.17) is 5.84 Å². The quantitative estimate of drug-likeness (QED) is 0.545. The molecule has 0 atom stereocenters. The lowest BCUT2D eigenvalue weighted by atomic mass is 10.3. The summed E-state index contributed by atoms with van der Waals surface area (Å²) in [4.78, 5) is 19.6. The van der Waals surface area contributed by atoms with Crippen LogP contribution in [0, 0.1) is 0 Å². The van der Waals surface area contributed by atoms with Crippen LogP contribution in [0.15, 0.2) is 6.07 Å². The second-order valence-corrected chi connectivity index (χ2v) is 4.07. The number of carbonyl (C=O) groups is 1. The second-order valence-electron chi connectivity index (χ2n) is 4.07. The van der Waals surface area contributed by atoms with E-state index in [1.165, 1.54) is 4.90 Å². The summed E-state index contributed by atoms with van der Waals surface area (Å²) in [6, 6.07) is 0.751. The first-order valence-electron chi connectivity index (χ1n) is 5.61. The minimum Gasteiger partial charge on any atom is -0.369 e. The van der Waals surface area contributed by atoms with Gasteiger partial charge in [-0.3, -0.25) is 10.2 Å². The lowest BCUT2D eigenvalue weighted by molar-refractivity contribution is -0.141. The number of anilines is 2. The topological polar surface area (TPSA) is 96.2 Å². The number of rotatable bonds is 5. The molecule has 20 heavy (non-hydrogen) atoms. The highest BCUT2D eigenvalue weighted by atomic mass is 19.4. The van der Waals surface area contributed by atoms with Crippen molar-refractivity contribution in [2.75, 3.05) is 31.4 Å². The minimum atomic E-state index is -4.61. The first-order chi connectivity index (χ1) is 9.24. The predicted molar refractivity (Wildman–Crippen MR) is 66.6 cm³/mol. The molecule has 0 aromatic carbocycles. The summed E-state index contributed by atoms with van der Waals surface area (Å²) in [7, 11) is 3.18. The number of alkyl halides is 3. The Labute approximate surface area is 113 Å². The van der Waals surface area contributed by atoms with E-state index in [2.05, 4.69) is 15.3 Å². The summed E-state index contributed by atoms with van der Waals surface area (Å²) in [6.07, 6.45) is -4.48. The molecule has 0 aliphatic carbocycles. The van der Waals surface area contributed by atoms with Crippen molar-refractivity contribution in [1.82, 2.24) is 14.9 Å². The van der Waals surface area contributed by atoms with Crippen molar-refractivity contribution >= 4 is 17.7 Å². The van der Waals surface area contributed by atoms with Crippen LogP contribution >= 0.6 is 0 Å². The van der Waals surface area contributed by atoms with Crippen LogP contribution in [0.4, 0.5) is 24.9 Å². The molecule has 1 amide bonds. The van der Waals surface area contributed by atoms with Crippen LogP contribution in [0.2, 0.25) is 0 Å². The van der Waals surface area contributed by atoms with Gasteiger partial charge in [-0.1, -0.05) is 0 Å². The molecule has 0 radical (unpaired) electrons. The Bertz CT molecular complexity index is 477. The van der Waals surface area contributed by atoms with Gasteiger partial charge in [0, 0.05) is 33.1 Å². The maximum absolute atomic E-state index is 12.6. The monoisotopic (exact) mass is 292 g/mol. The van der Waals surface area contributed by atoms with Gasteiger partial charge in [-0.25, -0.2) is 10.8 Å². The first kappa shape index (κ1) is 16.0. The molecule has 4 N–H and O–H groups in total. The number of hydrogen-bond donors (Lipinski definition) is 3. The molecule has 112 valence electrons. The standard InChI is InChI=1S/C10H15F3N6O/c1-19(2)8(20)3-4-15-7-5-6(10(11,12)13)16-9(17-7)18-14/h5H,3-4,14H2,1-2H3,(H2,15,16,17,18). The molecule has 1 rings (SSSR count). The van der Waals surface area contributed by atoms with Crippen LogP contribution in [0.3, 0.4) is 0 Å². The maximum Gasteiger partial charge on any atom is 0.433 e. The van der Waals surface area contributed by atoms with E-state index < -0.39 is 11.9 Å². The van der Waals surface area contributed by atoms with Gasteiger partial charge in [0.15, 0.2) is 5.69 Å². The molecule has 10 heteroatoms. The number of hydrazine groups is 1. The Morgan fingerprint density at radius 1 is 1.40 bits per heavy atom. The second kappa shape index (κ2) is 6.37. The van der Waals surface area contributed by atoms with Gasteiger partial charge in [-0.05, 0) is 0 Å². The Morgan fingerprint density at radius 2 is 2.05 bits per heavy atom. The fourth-order valence-corrected chi connectivity index (χ4v) is 1.27. The van der Waals surface area contributed by atoms with Gasteiger partial charge < -0.3 is 10.2 Å². The Balaban J connectivity index is 2.77. The molecule has 1 aromatic rings. The minimum absolute atomic E-state index is 0.0631. The smallest absolute Gasteiger partial charge is 0.369 e. The average Bonchev–Trinajstić information content (AvgIpc) is 2.37. The Kier molecular flexibility index (Phi) is 5.08. The van der Waals surface area contributed by atoms with Gasteiger partial charge in [0.05, 0.1) is 0 Å². The van der Waals surface area contributed by atoms with E-state index in [1.54, 1.807) is 14.1 Å². The van der Waals surface area contributed by atoms with Gasteiger partial charge >= 0.3 is 6.18 Å². The average molecular weight is 292 g/mol. The van der Waals surface area contributed by atoms with E-state index in [0.717, 1.165) is 6.07 Å². The molecular formula is C10H15F3N6O. The zero-order chi connectivity index (χ0) is 15.3. The van der Waals surface area contributed by atoms with Crippen LogP contribution in [-0.4, -0.2) is 41.4 Å². The summed E-state index contributed by atoms with van der Waals surface area (Å²) in [5.41, 5.74) is 0.837. The normalized spacial score (nSPS) is 11.1. The van der Waals surface area contributed by atoms with E-state index >= 15 is 0 Å². The lowest BCUT2D eigenvalue weighted by Gasteiger charge is -2.13. The third kappa shape index (κ3) is 4.53. The van der Waals surface area contributed by atoms with Gasteiger partial charge in [0.25, 0.3) is 0 Å². The van der Waals surface area contributed by atoms with Crippen molar-refractivity contribution in [2.24, 2.45) is 5.84 Å². The third-order valence-electron chi connectivity index (χ3n) is 2.29. The van der Waals surface area contributed by atoms with E-state index in [1.807, 2.05) is 5.43 Å². The van der Waals surface area contributed by atoms with Crippen LogP contribution < -0.4 is 16.6 Å². The molecule has 0 aliphatic heterocycles. The van der Waals surface area contributed by atoms with Crippen LogP contribution in [0.25, 0.3) is 0 Å². The van der Waals surface area contributed by atoms with Gasteiger partial charge in [-0.15, -0.1) is 0 Å². The van der Waals surface area contributed by atoms with Gasteiger partial charge in [0.2, 0.25) is 11.9 Å². The number of nitrogens with one attached hydrogen (secondary N) is 2. The van der Waals surface area contributed by atoms with Crippen LogP contribution in [-0.2, 0) is 11.0 Å². The molecule has 0 fully saturated rings. The van der Waals surface area contributed by atoms with Crippen molar-refractivity contribution in [1.29, 1.82) is 0 Å². The number of nitrogen functional groups attached to an aromatic ring is 1. The van der Waals surface area contributed by atoms with E-state index in [9.17, 15) is 18.0 Å². The van der Waals surface area contributed by atoms with Crippen molar-refractivity contribution in [3.63, 3.8) is 0 Å². The predicted octanol–water partition coefficient (Wildman–Crippen LogP) is 0.671. The number of hydrogen-bond acceptors (Lipinski definition) is 6. The molecule has 7 nitrogen and oxygen atoms in total. The van der Waals surface area contributed by atoms with Crippen molar-refractivity contribution in [3.8, 4) is 0 Å². The highest BCUT2D eigenvalue weighted by Gasteiger charge is 2.33. The lowest BCUT2D eigenvalue weighted by Crippen LogP contribution is -2.24. The first-order valence-corrected chi connectivity index (χ1v) is 5.61. The maximum atomic E-state index is 12.6. The molecule has 0 saturated carbocycles. The van der Waals surface area contributed by atoms with Crippen molar-refractivity contribution in [2.45, 2.75) is 12.6 Å². The summed E-state index contributed by atoms with van der Waals surface area (Å²) in [5, 5.41) is 2.62. The largest absolute Gasteiger partial charge is 0.433 e. The summed E-state index contributed by atoms with van der Waals surface area (Å²) >= 11 is 0. The molecule has 0 unspecified atom stereocenters. The molecule has 0 bridgehead atoms. The summed E-state index contributed by atoms with van der Waals surface area (Å²) in [5.74, 6) is 4.44. The molecule has 0 saturated heterocycles. The fraction of sp³-hybridized carbons (Fsp3) is 0.500. The number of halogens is 3. The summed E-state index contributed by atoms with van der Waals surface area (Å²) in [6.45, 7) is 0.148. The molecule has 1 aromatic heterocycles. The highest BCUT2D eigenvalue weighted by Crippen LogP contribution is 2.29. The number of aromatic nitrogens is 2. The molecular weight excluding hydrogens is 277 g/mol. The molecule has 0 spiro atoms. The van der Waals surface area contributed by atoms with Crippen molar-refractivity contribution in [3.05, 3.63) is 11.8 Å². The van der Waals surface area contributed by atoms with Crippen molar-refractivity contribution < 1.29 is 18.0 Å². The Hall–Kier alpha value is -2.10. The van der Waals surface area contributed by atoms with Gasteiger partial charge in [-0.2, -0.15) is 18.2 Å². The summed E-state index contributed by atoms with van der Waals surface area (Å²) < 4.78 is 37.8. The van der Waals surface area contributed by atoms with Crippen LogP contribution in [0.5, 0.6) is 0 Å². The number of nitrogens with two attached hydrogens (primary N) is 1. The van der Waals surface area contributed by atoms with Gasteiger partial charge in [0.1, 0.15) is 5.82 Å². The Morgan fingerprint density at radius 3 is 2.55 bits per heavy atom. The molecule has 1 heterocycles. The molecule has 0 aliphatic rings. The van der Waals surface area contributed by atoms with E-state index in [-0.39, 0.29) is 30.6 Å².